The van der Waals surface area contributed by atoms with Gasteiger partial charge in [-0.2, -0.15) is 0 Å². The third kappa shape index (κ3) is 1.79. The van der Waals surface area contributed by atoms with Gasteiger partial charge < -0.3 is 20.1 Å². The van der Waals surface area contributed by atoms with Gasteiger partial charge in [0, 0.05) is 28.7 Å². The van der Waals surface area contributed by atoms with Gasteiger partial charge in [-0.25, -0.2) is 0 Å². The summed E-state index contributed by atoms with van der Waals surface area (Å²) in [7, 11) is 0. The lowest BCUT2D eigenvalue weighted by atomic mass is 9.95. The number of nitrogens with zero attached hydrogens (tertiary/aromatic N) is 1. The monoisotopic (exact) mass is 264 g/mol. The highest BCUT2D eigenvalue weighted by Crippen LogP contribution is 2.39. The summed E-state index contributed by atoms with van der Waals surface area (Å²) in [6, 6.07) is 8.48. The molecule has 0 bridgehead atoms. The maximum Gasteiger partial charge on any atom is 0.148 e. The SMILES string of the molecule is OC1Nc2cc(Cl)ccc2C(O)C1n1cccc1. The van der Waals surface area contributed by atoms with Gasteiger partial charge in [0.25, 0.3) is 0 Å². The van der Waals surface area contributed by atoms with Gasteiger partial charge >= 0.3 is 0 Å². The number of aliphatic hydroxyl groups is 2. The number of hydrogen-bond donors (Lipinski definition) is 3. The van der Waals surface area contributed by atoms with E-state index in [1.165, 1.54) is 0 Å². The smallest absolute Gasteiger partial charge is 0.148 e. The Labute approximate surface area is 109 Å². The number of aliphatic hydroxyl groups excluding tert-OH is 2. The molecule has 1 aromatic heterocycles. The van der Waals surface area contributed by atoms with Crippen molar-refractivity contribution >= 4 is 17.3 Å². The second-order valence-electron chi connectivity index (χ2n) is 4.39. The lowest BCUT2D eigenvalue weighted by molar-refractivity contribution is 0.0255. The molecule has 2 heterocycles. The second-order valence-corrected chi connectivity index (χ2v) is 4.82. The molecule has 0 spiro atoms. The average Bonchev–Trinajstić information content (AvgIpc) is 2.82. The van der Waals surface area contributed by atoms with E-state index in [1.807, 2.05) is 24.5 Å². The molecule has 1 aliphatic rings. The van der Waals surface area contributed by atoms with Crippen molar-refractivity contribution in [1.29, 1.82) is 0 Å². The van der Waals surface area contributed by atoms with Gasteiger partial charge in [-0.05, 0) is 24.3 Å². The number of rotatable bonds is 1. The topological polar surface area (TPSA) is 57.4 Å². The van der Waals surface area contributed by atoms with Gasteiger partial charge in [-0.15, -0.1) is 0 Å². The van der Waals surface area contributed by atoms with Crippen molar-refractivity contribution in [2.75, 3.05) is 5.32 Å². The zero-order valence-corrected chi connectivity index (χ0v) is 10.2. The van der Waals surface area contributed by atoms with Crippen LogP contribution in [-0.4, -0.2) is 21.0 Å². The molecule has 5 heteroatoms. The molecule has 2 aromatic rings. The van der Waals surface area contributed by atoms with E-state index in [0.29, 0.717) is 10.7 Å². The number of fused-ring (bicyclic) bond motifs is 1. The molecule has 3 rings (SSSR count). The first-order valence-electron chi connectivity index (χ1n) is 5.71. The minimum atomic E-state index is -0.863. The van der Waals surface area contributed by atoms with Crippen LogP contribution in [-0.2, 0) is 0 Å². The molecule has 1 aromatic carbocycles. The summed E-state index contributed by atoms with van der Waals surface area (Å²) < 4.78 is 1.79. The highest BCUT2D eigenvalue weighted by molar-refractivity contribution is 6.30. The first kappa shape index (κ1) is 11.6. The first-order chi connectivity index (χ1) is 8.66. The molecule has 0 saturated carbocycles. The highest BCUT2D eigenvalue weighted by Gasteiger charge is 2.35. The van der Waals surface area contributed by atoms with Crippen molar-refractivity contribution in [2.24, 2.45) is 0 Å². The summed E-state index contributed by atoms with van der Waals surface area (Å²) in [5.41, 5.74) is 1.41. The van der Waals surface area contributed by atoms with E-state index in [0.717, 1.165) is 5.56 Å². The number of benzene rings is 1. The van der Waals surface area contributed by atoms with E-state index in [2.05, 4.69) is 5.32 Å². The molecule has 3 atom stereocenters. The number of nitrogens with one attached hydrogen (secondary N) is 1. The molecular weight excluding hydrogens is 252 g/mol. The summed E-state index contributed by atoms with van der Waals surface area (Å²) in [4.78, 5) is 0. The molecule has 0 radical (unpaired) electrons. The van der Waals surface area contributed by atoms with Crippen LogP contribution in [0.25, 0.3) is 0 Å². The molecule has 4 nitrogen and oxygen atoms in total. The summed E-state index contributed by atoms with van der Waals surface area (Å²) in [6.07, 6.45) is 2.00. The first-order valence-corrected chi connectivity index (χ1v) is 6.09. The molecule has 3 unspecified atom stereocenters. The number of anilines is 1. The second kappa shape index (κ2) is 4.31. The molecule has 0 aliphatic carbocycles. The molecule has 0 amide bonds. The quantitative estimate of drug-likeness (QED) is 0.740. The van der Waals surface area contributed by atoms with E-state index in [-0.39, 0.29) is 0 Å². The van der Waals surface area contributed by atoms with Crippen molar-refractivity contribution in [3.8, 4) is 0 Å². The Balaban J connectivity index is 2.04. The van der Waals surface area contributed by atoms with Gasteiger partial charge in [-0.3, -0.25) is 0 Å². The molecule has 0 saturated heterocycles. The molecule has 3 N–H and O–H groups in total. The third-order valence-corrected chi connectivity index (χ3v) is 3.49. The fraction of sp³-hybridized carbons (Fsp3) is 0.231. The van der Waals surface area contributed by atoms with E-state index < -0.39 is 18.4 Å². The fourth-order valence-corrected chi connectivity index (χ4v) is 2.56. The maximum atomic E-state index is 10.4. The number of aromatic nitrogens is 1. The van der Waals surface area contributed by atoms with Crippen LogP contribution in [0.15, 0.2) is 42.7 Å². The summed E-state index contributed by atoms with van der Waals surface area (Å²) in [5.74, 6) is 0. The minimum absolute atomic E-state index is 0.450. The highest BCUT2D eigenvalue weighted by atomic mass is 35.5. The van der Waals surface area contributed by atoms with Crippen LogP contribution in [0.3, 0.4) is 0 Å². The predicted molar refractivity (Wildman–Crippen MR) is 69.5 cm³/mol. The zero-order valence-electron chi connectivity index (χ0n) is 9.49. The Kier molecular flexibility index (Phi) is 2.78. The van der Waals surface area contributed by atoms with E-state index in [1.54, 1.807) is 22.8 Å². The van der Waals surface area contributed by atoms with Gasteiger partial charge in [-0.1, -0.05) is 17.7 Å². The Hall–Kier alpha value is -1.49. The van der Waals surface area contributed by atoms with Crippen molar-refractivity contribution in [3.05, 3.63) is 53.3 Å². The van der Waals surface area contributed by atoms with Crippen LogP contribution in [0.2, 0.25) is 5.02 Å². The largest absolute Gasteiger partial charge is 0.386 e. The summed E-state index contributed by atoms with van der Waals surface area (Å²) >= 11 is 5.90. The lowest BCUT2D eigenvalue weighted by Crippen LogP contribution is -2.39. The van der Waals surface area contributed by atoms with Crippen molar-refractivity contribution < 1.29 is 10.2 Å². The van der Waals surface area contributed by atoms with E-state index >= 15 is 0 Å². The summed E-state index contributed by atoms with van der Waals surface area (Å²) in [5, 5.41) is 24.0. The van der Waals surface area contributed by atoms with Gasteiger partial charge in [0.15, 0.2) is 0 Å². The zero-order chi connectivity index (χ0) is 12.7. The predicted octanol–water partition coefficient (Wildman–Crippen LogP) is 2.16. The van der Waals surface area contributed by atoms with Crippen LogP contribution in [0, 0.1) is 0 Å². The van der Waals surface area contributed by atoms with Gasteiger partial charge in [0.1, 0.15) is 18.4 Å². The van der Waals surface area contributed by atoms with Crippen molar-refractivity contribution in [3.63, 3.8) is 0 Å². The molecule has 0 fully saturated rings. The molecule has 1 aliphatic heterocycles. The van der Waals surface area contributed by atoms with Gasteiger partial charge in [0.2, 0.25) is 0 Å². The van der Waals surface area contributed by atoms with Crippen molar-refractivity contribution in [2.45, 2.75) is 18.4 Å². The van der Waals surface area contributed by atoms with Crippen LogP contribution >= 0.6 is 11.6 Å². The third-order valence-electron chi connectivity index (χ3n) is 3.26. The summed E-state index contributed by atoms with van der Waals surface area (Å²) in [6.45, 7) is 0. The van der Waals surface area contributed by atoms with Crippen molar-refractivity contribution in [1.82, 2.24) is 4.57 Å². The minimum Gasteiger partial charge on any atom is -0.386 e. The van der Waals surface area contributed by atoms with Crippen LogP contribution in [0.5, 0.6) is 0 Å². The molecular formula is C13H13ClN2O2. The molecule has 94 valence electrons. The van der Waals surface area contributed by atoms with Gasteiger partial charge in [0.05, 0.1) is 0 Å². The lowest BCUT2D eigenvalue weighted by Gasteiger charge is -2.36. The molecule has 18 heavy (non-hydrogen) atoms. The normalized spacial score (nSPS) is 26.5. The Morgan fingerprint density at radius 2 is 1.89 bits per heavy atom. The number of halogens is 1. The van der Waals surface area contributed by atoms with E-state index in [9.17, 15) is 10.2 Å². The maximum absolute atomic E-state index is 10.4. The standard InChI is InChI=1S/C13H13ClN2O2/c14-8-3-4-9-10(7-8)15-13(18)11(12(9)17)16-5-1-2-6-16/h1-7,11-13,15,17-18H. The van der Waals surface area contributed by atoms with Crippen LogP contribution in [0.1, 0.15) is 17.7 Å². The average molecular weight is 265 g/mol. The Morgan fingerprint density at radius 1 is 1.17 bits per heavy atom. The Morgan fingerprint density at radius 3 is 2.61 bits per heavy atom. The number of hydrogen-bond acceptors (Lipinski definition) is 3. The van der Waals surface area contributed by atoms with E-state index in [4.69, 9.17) is 11.6 Å². The van der Waals surface area contributed by atoms with Crippen LogP contribution < -0.4 is 5.32 Å². The van der Waals surface area contributed by atoms with Crippen LogP contribution in [0.4, 0.5) is 5.69 Å². The Bertz CT molecular complexity index is 556. The fourth-order valence-electron chi connectivity index (χ4n) is 2.39.